The number of hydrogen-bond acceptors (Lipinski definition) is 6. The highest BCUT2D eigenvalue weighted by atomic mass is 32.2. The summed E-state index contributed by atoms with van der Waals surface area (Å²) in [6.45, 7) is 2.82. The lowest BCUT2D eigenvalue weighted by molar-refractivity contribution is -0.839. The highest BCUT2D eigenvalue weighted by Gasteiger charge is 2.76. The topological polar surface area (TPSA) is 113 Å². The molecule has 0 spiro atoms. The number of hydrogen-bond donors (Lipinski definition) is 1. The van der Waals surface area contributed by atoms with E-state index >= 15 is 0 Å². The summed E-state index contributed by atoms with van der Waals surface area (Å²) in [7, 11) is -1.61. The average Bonchev–Trinajstić information content (AvgIpc) is 2.77. The molecule has 2 saturated heterocycles. The van der Waals surface area contributed by atoms with E-state index in [1.54, 1.807) is 44.2 Å². The number of fused-ring (bicyclic) bond motifs is 1. The van der Waals surface area contributed by atoms with Crippen molar-refractivity contribution < 1.29 is 32.9 Å². The molecular formula is C16H18N2O6S. The van der Waals surface area contributed by atoms with Gasteiger partial charge in [-0.2, -0.15) is 4.48 Å². The van der Waals surface area contributed by atoms with Gasteiger partial charge in [0.05, 0.1) is 15.5 Å². The van der Waals surface area contributed by atoms with Crippen LogP contribution in [0.3, 0.4) is 0 Å². The lowest BCUT2D eigenvalue weighted by atomic mass is 10.00. The largest absolute Gasteiger partial charge is 0.498 e. The van der Waals surface area contributed by atoms with E-state index in [1.807, 2.05) is 0 Å². The van der Waals surface area contributed by atoms with Crippen LogP contribution in [0.25, 0.3) is 0 Å². The Hall–Kier alpha value is -2.26. The van der Waals surface area contributed by atoms with Gasteiger partial charge in [-0.3, -0.25) is 9.00 Å². The van der Waals surface area contributed by atoms with Crippen LogP contribution in [0.2, 0.25) is 0 Å². The fraction of sp³-hybridized carbons (Fsp3) is 0.438. The maximum atomic E-state index is 12.6. The van der Waals surface area contributed by atoms with Gasteiger partial charge < -0.3 is 20.0 Å². The number of nitrogens with one attached hydrogen (secondary N) is 1. The lowest BCUT2D eigenvalue weighted by Gasteiger charge is -2.47. The van der Waals surface area contributed by atoms with Crippen LogP contribution in [0.15, 0.2) is 30.3 Å². The Morgan fingerprint density at radius 2 is 2.00 bits per heavy atom. The van der Waals surface area contributed by atoms with Crippen molar-refractivity contribution in [2.45, 2.75) is 30.0 Å². The zero-order valence-electron chi connectivity index (χ0n) is 13.8. The van der Waals surface area contributed by atoms with Crippen molar-refractivity contribution in [3.05, 3.63) is 30.3 Å². The zero-order valence-corrected chi connectivity index (χ0v) is 14.6. The molecule has 0 saturated carbocycles. The number of amides is 3. The summed E-state index contributed by atoms with van der Waals surface area (Å²) in [5, 5.41) is 12.9. The predicted octanol–water partition coefficient (Wildman–Crippen LogP) is -0.882. The van der Waals surface area contributed by atoms with E-state index < -0.39 is 49.4 Å². The molecule has 25 heavy (non-hydrogen) atoms. The maximum Gasteiger partial charge on any atom is 0.350 e. The Labute approximate surface area is 146 Å². The summed E-state index contributed by atoms with van der Waals surface area (Å²) >= 11 is 0. The molecule has 9 heteroatoms. The number of carbonyl (C=O) groups excluding carboxylic acids is 3. The third-order valence-electron chi connectivity index (χ3n) is 4.53. The molecule has 1 aromatic carbocycles. The summed E-state index contributed by atoms with van der Waals surface area (Å²) in [5.74, 6) is -0.805. The predicted molar refractivity (Wildman–Crippen MR) is 85.4 cm³/mol. The van der Waals surface area contributed by atoms with Crippen molar-refractivity contribution in [2.24, 2.45) is 0 Å². The van der Waals surface area contributed by atoms with Crippen molar-refractivity contribution in [1.29, 1.82) is 0 Å². The van der Waals surface area contributed by atoms with E-state index in [1.165, 1.54) is 0 Å². The number of carbonyl (C=O) groups is 3. The van der Waals surface area contributed by atoms with Gasteiger partial charge in [0.2, 0.25) is 11.4 Å². The van der Waals surface area contributed by atoms with Gasteiger partial charge in [-0.1, -0.05) is 18.2 Å². The van der Waals surface area contributed by atoms with E-state index in [4.69, 9.17) is 4.74 Å². The first kappa shape index (κ1) is 17.6. The Balaban J connectivity index is 1.70. The van der Waals surface area contributed by atoms with Crippen LogP contribution >= 0.6 is 0 Å². The molecule has 3 unspecified atom stereocenters. The minimum absolute atomic E-state index is 0.113. The van der Waals surface area contributed by atoms with Crippen molar-refractivity contribution >= 4 is 28.7 Å². The summed E-state index contributed by atoms with van der Waals surface area (Å²) in [5.41, 5.74) is 0. The quantitative estimate of drug-likeness (QED) is 0.547. The van der Waals surface area contributed by atoms with Gasteiger partial charge in [0.25, 0.3) is 12.0 Å². The van der Waals surface area contributed by atoms with Gasteiger partial charge >= 0.3 is 5.91 Å². The molecule has 8 nitrogen and oxygen atoms in total. The first-order valence-electron chi connectivity index (χ1n) is 7.72. The molecule has 0 aliphatic carbocycles. The number of benzene rings is 1. The van der Waals surface area contributed by atoms with Gasteiger partial charge in [-0.15, -0.1) is 0 Å². The molecule has 2 heterocycles. The average molecular weight is 366 g/mol. The number of β-lactam (4-membered cyclic amide) rings is 1. The van der Waals surface area contributed by atoms with Gasteiger partial charge in [-0.25, -0.2) is 4.79 Å². The van der Waals surface area contributed by atoms with Gasteiger partial charge in [0.1, 0.15) is 12.3 Å². The Bertz CT molecular complexity index is 765. The number of para-hydroxylation sites is 1. The van der Waals surface area contributed by atoms with Gasteiger partial charge in [0, 0.05) is 0 Å². The number of quaternary nitrogens is 1. The minimum Gasteiger partial charge on any atom is -0.498 e. The van der Waals surface area contributed by atoms with E-state index in [0.717, 1.165) is 0 Å². The normalized spacial score (nSPS) is 32.4. The van der Waals surface area contributed by atoms with Crippen LogP contribution in [0.5, 0.6) is 5.75 Å². The smallest absolute Gasteiger partial charge is 0.350 e. The number of rotatable bonds is 4. The van der Waals surface area contributed by atoms with Crippen LogP contribution in [-0.4, -0.2) is 55.9 Å². The molecule has 2 fully saturated rings. The first-order chi connectivity index (χ1) is 11.7. The third kappa shape index (κ3) is 2.63. The van der Waals surface area contributed by atoms with Gasteiger partial charge in [-0.05, 0) is 26.0 Å². The van der Waals surface area contributed by atoms with E-state index in [2.05, 4.69) is 5.32 Å². The Morgan fingerprint density at radius 1 is 1.36 bits per heavy atom. The number of ether oxygens (including phenoxy) is 1. The fourth-order valence-electron chi connectivity index (χ4n) is 3.39. The third-order valence-corrected chi connectivity index (χ3v) is 6.82. The summed E-state index contributed by atoms with van der Waals surface area (Å²) in [4.78, 5) is 36.0. The molecule has 3 amide bonds. The molecule has 4 atom stereocenters. The number of carboxylic acid groups (broad SMARTS) is 1. The summed E-state index contributed by atoms with van der Waals surface area (Å²) in [6, 6.07) is 7.53. The van der Waals surface area contributed by atoms with Crippen LogP contribution in [0.1, 0.15) is 13.8 Å². The zero-order chi connectivity index (χ0) is 18.4. The molecule has 0 aromatic heterocycles. The van der Waals surface area contributed by atoms with Crippen molar-refractivity contribution in [3.63, 3.8) is 0 Å². The fourth-order valence-corrected chi connectivity index (χ4v) is 5.39. The minimum atomic E-state index is -1.61. The van der Waals surface area contributed by atoms with Crippen molar-refractivity contribution in [1.82, 2.24) is 5.32 Å². The van der Waals surface area contributed by atoms with E-state index in [-0.39, 0.29) is 13.2 Å². The van der Waals surface area contributed by atoms with Crippen molar-refractivity contribution in [3.8, 4) is 5.75 Å². The summed E-state index contributed by atoms with van der Waals surface area (Å²) in [6.07, 6.45) is -1.58. The SMILES string of the molecule is CC1(C)C[N+]2(C(=O)[O-])C(=O)C(NC(=O)COc3ccccc3)[C@@H]2S1=O. The molecule has 0 radical (unpaired) electrons. The van der Waals surface area contributed by atoms with Gasteiger partial charge in [0.15, 0.2) is 6.61 Å². The van der Waals surface area contributed by atoms with Crippen LogP contribution in [0, 0.1) is 0 Å². The molecular weight excluding hydrogens is 348 g/mol. The Morgan fingerprint density at radius 3 is 2.60 bits per heavy atom. The second-order valence-electron chi connectivity index (χ2n) is 6.73. The van der Waals surface area contributed by atoms with E-state index in [9.17, 15) is 23.7 Å². The first-order valence-corrected chi connectivity index (χ1v) is 8.93. The molecule has 2 aliphatic rings. The van der Waals surface area contributed by atoms with E-state index in [0.29, 0.717) is 5.75 Å². The molecule has 0 bridgehead atoms. The molecule has 2 aliphatic heterocycles. The number of nitrogens with zero attached hydrogens (tertiary/aromatic N) is 1. The monoisotopic (exact) mass is 366 g/mol. The molecule has 1 N–H and O–H groups in total. The molecule has 1 aromatic rings. The molecule has 134 valence electrons. The molecule has 3 rings (SSSR count). The second kappa shape index (κ2) is 5.92. The highest BCUT2D eigenvalue weighted by Crippen LogP contribution is 2.45. The van der Waals surface area contributed by atoms with Crippen LogP contribution in [-0.2, 0) is 20.4 Å². The highest BCUT2D eigenvalue weighted by molar-refractivity contribution is 7.87. The number of imide groups is 1. The lowest BCUT2D eigenvalue weighted by Crippen LogP contribution is -2.83. The second-order valence-corrected chi connectivity index (χ2v) is 8.91. The standard InChI is InChI=1S/C16H18N2O6S/c1-16(2)9-18(15(21)22)13(20)12(14(18)25(16)23)17-11(19)8-24-10-6-4-3-5-7-10/h3-7,12,14H,8-9H2,1-2H3,(H-,17,19,21,22)/t12?,14-,18?,25?/m0/s1. The summed E-state index contributed by atoms with van der Waals surface area (Å²) < 4.78 is 16.0. The maximum absolute atomic E-state index is 12.6. The Kier molecular flexibility index (Phi) is 4.16. The van der Waals surface area contributed by atoms with Crippen molar-refractivity contribution in [2.75, 3.05) is 13.2 Å². The van der Waals surface area contributed by atoms with Crippen LogP contribution < -0.4 is 15.2 Å². The van der Waals surface area contributed by atoms with Crippen LogP contribution in [0.4, 0.5) is 4.79 Å².